The molecule has 0 saturated carbocycles. The molecule has 1 aliphatic rings. The van der Waals surface area contributed by atoms with Crippen LogP contribution in [0.3, 0.4) is 0 Å². The fourth-order valence-electron chi connectivity index (χ4n) is 4.81. The molecule has 1 unspecified atom stereocenters. The van der Waals surface area contributed by atoms with Gasteiger partial charge in [-0.05, 0) is 66.1 Å². The predicted molar refractivity (Wildman–Crippen MR) is 156 cm³/mol. The fraction of sp³-hybridized carbons (Fsp3) is 0.176. The van der Waals surface area contributed by atoms with Gasteiger partial charge in [0.05, 0.1) is 11.6 Å². The first kappa shape index (κ1) is 27.7. The number of hydrogen-bond acceptors (Lipinski definition) is 6. The molecule has 1 fully saturated rings. The molecular weight excluding hydrogens is 518 g/mol. The molecule has 0 spiro atoms. The van der Waals surface area contributed by atoms with Crippen molar-refractivity contribution in [3.05, 3.63) is 131 Å². The van der Waals surface area contributed by atoms with Gasteiger partial charge in [-0.25, -0.2) is 0 Å². The molecule has 0 aliphatic carbocycles. The van der Waals surface area contributed by atoms with Crippen molar-refractivity contribution in [2.75, 3.05) is 20.3 Å². The molecule has 1 N–H and O–H groups in total. The van der Waals surface area contributed by atoms with E-state index in [1.165, 1.54) is 4.90 Å². The van der Waals surface area contributed by atoms with Gasteiger partial charge in [0.15, 0.2) is 0 Å². The van der Waals surface area contributed by atoms with Crippen molar-refractivity contribution in [2.24, 2.45) is 0 Å². The Bertz CT molecular complexity index is 1520. The number of carbonyl (C=O) groups excluding carboxylic acids is 2. The van der Waals surface area contributed by atoms with E-state index in [1.54, 1.807) is 37.4 Å². The molecule has 7 nitrogen and oxygen atoms in total. The summed E-state index contributed by atoms with van der Waals surface area (Å²) in [5, 5.41) is 11.4. The van der Waals surface area contributed by atoms with E-state index in [1.807, 2.05) is 78.9 Å². The van der Waals surface area contributed by atoms with E-state index >= 15 is 0 Å². The van der Waals surface area contributed by atoms with Crippen LogP contribution in [0.1, 0.15) is 29.2 Å². The van der Waals surface area contributed by atoms with Gasteiger partial charge in [0.2, 0.25) is 0 Å². The third-order valence-electron chi connectivity index (χ3n) is 6.82. The average Bonchev–Trinajstić information content (AvgIpc) is 3.26. The van der Waals surface area contributed by atoms with E-state index in [9.17, 15) is 14.7 Å². The maximum atomic E-state index is 13.4. The summed E-state index contributed by atoms with van der Waals surface area (Å²) in [6.07, 6.45) is 0.535. The van der Waals surface area contributed by atoms with Gasteiger partial charge in [-0.1, -0.05) is 60.7 Å². The van der Waals surface area contributed by atoms with Crippen molar-refractivity contribution < 1.29 is 28.9 Å². The molecule has 5 rings (SSSR count). The molecule has 41 heavy (non-hydrogen) atoms. The molecule has 1 saturated heterocycles. The molecule has 0 bridgehead atoms. The lowest BCUT2D eigenvalue weighted by Crippen LogP contribution is -2.31. The number of rotatable bonds is 11. The van der Waals surface area contributed by atoms with Crippen LogP contribution in [-0.4, -0.2) is 42.0 Å². The molecule has 0 aromatic heterocycles. The SMILES string of the molecule is COCCCN1C(=O)C(=O)/C(=C(/O)c2ccc(OCc3ccccc3)cc2)C1c1cccc(Oc2ccccc2)c1. The van der Waals surface area contributed by atoms with Crippen molar-refractivity contribution in [1.29, 1.82) is 0 Å². The number of amides is 1. The predicted octanol–water partition coefficient (Wildman–Crippen LogP) is 6.52. The highest BCUT2D eigenvalue weighted by molar-refractivity contribution is 6.46. The minimum absolute atomic E-state index is 0.0298. The van der Waals surface area contributed by atoms with Crippen LogP contribution >= 0.6 is 0 Å². The molecule has 0 radical (unpaired) electrons. The monoisotopic (exact) mass is 549 g/mol. The van der Waals surface area contributed by atoms with Gasteiger partial charge < -0.3 is 24.2 Å². The number of hydrogen-bond donors (Lipinski definition) is 1. The summed E-state index contributed by atoms with van der Waals surface area (Å²) in [5.74, 6) is 0.192. The van der Waals surface area contributed by atoms with E-state index in [0.717, 1.165) is 5.56 Å². The number of para-hydroxylation sites is 1. The summed E-state index contributed by atoms with van der Waals surface area (Å²) >= 11 is 0. The Morgan fingerprint density at radius 3 is 2.20 bits per heavy atom. The maximum absolute atomic E-state index is 13.4. The first-order chi connectivity index (χ1) is 20.0. The second-order valence-corrected chi connectivity index (χ2v) is 9.63. The molecule has 4 aromatic rings. The second kappa shape index (κ2) is 13.0. The molecule has 208 valence electrons. The third kappa shape index (κ3) is 6.48. The minimum Gasteiger partial charge on any atom is -0.507 e. The number of aliphatic hydroxyl groups excluding tert-OH is 1. The van der Waals surface area contributed by atoms with Crippen LogP contribution in [0.15, 0.2) is 115 Å². The summed E-state index contributed by atoms with van der Waals surface area (Å²) in [4.78, 5) is 28.1. The summed E-state index contributed by atoms with van der Waals surface area (Å²) < 4.78 is 17.1. The lowest BCUT2D eigenvalue weighted by atomic mass is 9.95. The number of nitrogens with zero attached hydrogens (tertiary/aromatic N) is 1. The third-order valence-corrected chi connectivity index (χ3v) is 6.82. The topological polar surface area (TPSA) is 85.3 Å². The maximum Gasteiger partial charge on any atom is 0.295 e. The van der Waals surface area contributed by atoms with Gasteiger partial charge >= 0.3 is 0 Å². The molecular formula is C34H31NO6. The first-order valence-electron chi connectivity index (χ1n) is 13.4. The van der Waals surface area contributed by atoms with Crippen molar-refractivity contribution in [3.63, 3.8) is 0 Å². The van der Waals surface area contributed by atoms with Gasteiger partial charge in [-0.15, -0.1) is 0 Å². The van der Waals surface area contributed by atoms with Crippen LogP contribution in [0.2, 0.25) is 0 Å². The van der Waals surface area contributed by atoms with E-state index in [-0.39, 0.29) is 17.9 Å². The highest BCUT2D eigenvalue weighted by Gasteiger charge is 2.45. The molecule has 7 heteroatoms. The van der Waals surface area contributed by atoms with Crippen molar-refractivity contribution in [2.45, 2.75) is 19.1 Å². The smallest absolute Gasteiger partial charge is 0.295 e. The Morgan fingerprint density at radius 2 is 1.49 bits per heavy atom. The highest BCUT2D eigenvalue weighted by Crippen LogP contribution is 2.41. The molecule has 1 amide bonds. The molecule has 4 aromatic carbocycles. The fourth-order valence-corrected chi connectivity index (χ4v) is 4.81. The zero-order valence-corrected chi connectivity index (χ0v) is 22.7. The van der Waals surface area contributed by atoms with Crippen molar-refractivity contribution >= 4 is 17.4 Å². The lowest BCUT2D eigenvalue weighted by Gasteiger charge is -2.25. The number of benzene rings is 4. The van der Waals surface area contributed by atoms with Crippen LogP contribution in [-0.2, 0) is 20.9 Å². The van der Waals surface area contributed by atoms with Crippen LogP contribution in [0.4, 0.5) is 0 Å². The number of aliphatic hydroxyl groups is 1. The van der Waals surface area contributed by atoms with E-state index < -0.39 is 17.7 Å². The number of ether oxygens (including phenoxy) is 3. The summed E-state index contributed by atoms with van der Waals surface area (Å²) in [5.41, 5.74) is 2.13. The molecule has 1 atom stereocenters. The lowest BCUT2D eigenvalue weighted by molar-refractivity contribution is -0.140. The standard InChI is InChI=1S/C34H31NO6/c1-39-21-9-20-35-31(26-12-8-15-29(22-26)41-28-13-6-3-7-14-28)30(33(37)34(35)38)32(36)25-16-18-27(19-17-25)40-23-24-10-4-2-5-11-24/h2-8,10-19,22,31,36H,9,20-21,23H2,1H3/b32-30+. The summed E-state index contributed by atoms with van der Waals surface area (Å²) in [6.45, 7) is 1.12. The van der Waals surface area contributed by atoms with Crippen molar-refractivity contribution in [1.82, 2.24) is 4.90 Å². The largest absolute Gasteiger partial charge is 0.507 e. The van der Waals surface area contributed by atoms with Gasteiger partial charge in [-0.2, -0.15) is 0 Å². The van der Waals surface area contributed by atoms with Gasteiger partial charge in [0.1, 0.15) is 29.6 Å². The summed E-state index contributed by atoms with van der Waals surface area (Å²) in [6, 6.07) is 32.4. The first-order valence-corrected chi connectivity index (χ1v) is 13.4. The normalized spacial score (nSPS) is 16.1. The van der Waals surface area contributed by atoms with Gasteiger partial charge in [0.25, 0.3) is 11.7 Å². The van der Waals surface area contributed by atoms with Crippen molar-refractivity contribution in [3.8, 4) is 17.2 Å². The minimum atomic E-state index is -0.791. The van der Waals surface area contributed by atoms with Crippen LogP contribution in [0, 0.1) is 0 Å². The zero-order chi connectivity index (χ0) is 28.6. The summed E-state index contributed by atoms with van der Waals surface area (Å²) in [7, 11) is 1.59. The van der Waals surface area contributed by atoms with Gasteiger partial charge in [0, 0.05) is 25.8 Å². The number of ketones is 1. The molecule has 1 aliphatic heterocycles. The van der Waals surface area contributed by atoms with E-state index in [4.69, 9.17) is 14.2 Å². The average molecular weight is 550 g/mol. The van der Waals surface area contributed by atoms with E-state index in [2.05, 4.69) is 0 Å². The number of Topliss-reactive ketones (excluding diaryl/α,β-unsaturated/α-hetero) is 1. The quantitative estimate of drug-likeness (QED) is 0.0993. The zero-order valence-electron chi connectivity index (χ0n) is 22.7. The number of likely N-dealkylation sites (tertiary alicyclic amines) is 1. The second-order valence-electron chi connectivity index (χ2n) is 9.63. The van der Waals surface area contributed by atoms with E-state index in [0.29, 0.717) is 48.0 Å². The Morgan fingerprint density at radius 1 is 0.805 bits per heavy atom. The van der Waals surface area contributed by atoms with Gasteiger partial charge in [-0.3, -0.25) is 9.59 Å². The Labute approximate surface area is 239 Å². The Balaban J connectivity index is 1.46. The Hall–Kier alpha value is -4.88. The highest BCUT2D eigenvalue weighted by atomic mass is 16.5. The number of carbonyl (C=O) groups is 2. The van der Waals surface area contributed by atoms with Crippen LogP contribution in [0.25, 0.3) is 5.76 Å². The number of methoxy groups -OCH3 is 1. The van der Waals surface area contributed by atoms with Crippen LogP contribution in [0.5, 0.6) is 17.2 Å². The Kier molecular flexibility index (Phi) is 8.76. The van der Waals surface area contributed by atoms with Crippen LogP contribution < -0.4 is 9.47 Å². The molecule has 1 heterocycles.